The third-order valence-electron chi connectivity index (χ3n) is 6.42. The zero-order valence-corrected chi connectivity index (χ0v) is 21.6. The highest BCUT2D eigenvalue weighted by atomic mass is 16.7. The van der Waals surface area contributed by atoms with Gasteiger partial charge in [-0.2, -0.15) is 5.06 Å². The Morgan fingerprint density at radius 3 is 2.39 bits per heavy atom. The molecule has 7 nitrogen and oxygen atoms in total. The molecular formula is C26H46N2O5. The average molecular weight is 467 g/mol. The monoisotopic (exact) mass is 466 g/mol. The lowest BCUT2D eigenvalue weighted by atomic mass is 9.73. The minimum atomic E-state index is -0.799. The molecule has 1 heterocycles. The van der Waals surface area contributed by atoms with Crippen LogP contribution in [0.25, 0.3) is 0 Å². The molecule has 190 valence electrons. The van der Waals surface area contributed by atoms with Crippen molar-refractivity contribution in [2.75, 3.05) is 20.3 Å². The number of amides is 1. The van der Waals surface area contributed by atoms with Crippen molar-refractivity contribution in [3.05, 3.63) is 29.3 Å². The van der Waals surface area contributed by atoms with E-state index in [1.807, 2.05) is 39.0 Å². The Morgan fingerprint density at radius 2 is 1.94 bits per heavy atom. The molecule has 0 radical (unpaired) electrons. The summed E-state index contributed by atoms with van der Waals surface area (Å²) in [5.74, 6) is 0.538. The molecule has 4 N–H and O–H groups in total. The number of aryl methyl sites for hydroxylation is 1. The molecule has 1 aromatic rings. The van der Waals surface area contributed by atoms with Gasteiger partial charge in [0.05, 0.1) is 26.9 Å². The van der Waals surface area contributed by atoms with Crippen molar-refractivity contribution in [2.45, 2.75) is 85.9 Å². The summed E-state index contributed by atoms with van der Waals surface area (Å²) in [6.45, 7) is 12.8. The number of aliphatic hydroxyl groups is 2. The van der Waals surface area contributed by atoms with E-state index in [9.17, 15) is 15.0 Å². The number of hydrogen-bond donors (Lipinski definition) is 3. The molecule has 33 heavy (non-hydrogen) atoms. The molecule has 1 saturated carbocycles. The van der Waals surface area contributed by atoms with E-state index in [0.717, 1.165) is 17.0 Å². The van der Waals surface area contributed by atoms with Gasteiger partial charge in [-0.15, -0.1) is 0 Å². The molecule has 1 saturated heterocycles. The predicted octanol–water partition coefficient (Wildman–Crippen LogP) is 3.82. The number of rotatable bonds is 6. The van der Waals surface area contributed by atoms with Crippen LogP contribution >= 0.6 is 0 Å². The van der Waals surface area contributed by atoms with Gasteiger partial charge in [0, 0.05) is 11.5 Å². The number of nitrogens with two attached hydrogens (primary N) is 1. The van der Waals surface area contributed by atoms with Crippen molar-refractivity contribution in [1.82, 2.24) is 5.06 Å². The van der Waals surface area contributed by atoms with E-state index in [2.05, 4.69) is 20.8 Å². The van der Waals surface area contributed by atoms with Crippen molar-refractivity contribution in [1.29, 1.82) is 0 Å². The smallest absolute Gasteiger partial charge is 0.237 e. The molecule has 1 aromatic carbocycles. The van der Waals surface area contributed by atoms with Gasteiger partial charge < -0.3 is 20.7 Å². The number of benzene rings is 1. The number of ether oxygens (including phenoxy) is 1. The molecule has 4 unspecified atom stereocenters. The number of carbonyl (C=O) groups excluding carboxylic acids is 1. The van der Waals surface area contributed by atoms with Crippen LogP contribution in [0.2, 0.25) is 0 Å². The topological polar surface area (TPSA) is 105 Å². The molecule has 1 aliphatic heterocycles. The largest absolute Gasteiger partial charge is 0.496 e. The first-order chi connectivity index (χ1) is 15.6. The highest BCUT2D eigenvalue weighted by Gasteiger charge is 2.46. The van der Waals surface area contributed by atoms with E-state index in [1.165, 1.54) is 30.7 Å². The second kappa shape index (κ2) is 13.9. The third-order valence-corrected chi connectivity index (χ3v) is 6.42. The summed E-state index contributed by atoms with van der Waals surface area (Å²) in [6.07, 6.45) is 5.14. The molecular weight excluding hydrogens is 420 g/mol. The van der Waals surface area contributed by atoms with Crippen LogP contribution in [0.5, 0.6) is 5.75 Å². The Morgan fingerprint density at radius 1 is 1.27 bits per heavy atom. The average Bonchev–Trinajstić information content (AvgIpc) is 3.12. The van der Waals surface area contributed by atoms with Crippen LogP contribution < -0.4 is 10.5 Å². The molecule has 1 amide bonds. The number of hydrogen-bond acceptors (Lipinski definition) is 6. The van der Waals surface area contributed by atoms with E-state index < -0.39 is 24.0 Å². The van der Waals surface area contributed by atoms with Gasteiger partial charge in [-0.25, -0.2) is 0 Å². The highest BCUT2D eigenvalue weighted by molar-refractivity contribution is 5.80. The van der Waals surface area contributed by atoms with Crippen LogP contribution in [-0.4, -0.2) is 53.7 Å². The molecule has 2 fully saturated rings. The fourth-order valence-corrected chi connectivity index (χ4v) is 4.98. The molecule has 4 atom stereocenters. The first kappa shape index (κ1) is 29.4. The van der Waals surface area contributed by atoms with Gasteiger partial charge in [0.15, 0.2) is 0 Å². The summed E-state index contributed by atoms with van der Waals surface area (Å²) in [4.78, 5) is 17.3. The number of nitrogens with zero attached hydrogens (tertiary/aromatic N) is 1. The van der Waals surface area contributed by atoms with Crippen molar-refractivity contribution >= 4 is 5.91 Å². The van der Waals surface area contributed by atoms with Gasteiger partial charge in [0.1, 0.15) is 17.9 Å². The van der Waals surface area contributed by atoms with Crippen molar-refractivity contribution in [3.63, 3.8) is 0 Å². The maximum atomic E-state index is 11.7. The van der Waals surface area contributed by atoms with Gasteiger partial charge in [-0.05, 0) is 36.7 Å². The summed E-state index contributed by atoms with van der Waals surface area (Å²) in [7, 11) is 1.58. The van der Waals surface area contributed by atoms with Crippen LogP contribution in [0.3, 0.4) is 0 Å². The Labute approximate surface area is 200 Å². The van der Waals surface area contributed by atoms with E-state index in [1.54, 1.807) is 7.11 Å². The highest BCUT2D eigenvalue weighted by Crippen LogP contribution is 2.38. The van der Waals surface area contributed by atoms with Crippen LogP contribution in [-0.2, 0) is 16.2 Å². The molecule has 3 rings (SSSR count). The zero-order valence-electron chi connectivity index (χ0n) is 21.6. The third kappa shape index (κ3) is 8.25. The number of hydroxylamine groups is 2. The van der Waals surface area contributed by atoms with Crippen molar-refractivity contribution in [2.24, 2.45) is 23.0 Å². The summed E-state index contributed by atoms with van der Waals surface area (Å²) in [5.41, 5.74) is 7.89. The quantitative estimate of drug-likeness (QED) is 0.589. The van der Waals surface area contributed by atoms with Crippen LogP contribution in [0.4, 0.5) is 0 Å². The Hall–Kier alpha value is -1.67. The lowest BCUT2D eigenvalue weighted by Crippen LogP contribution is -2.44. The SMILES string of the molecule is CC.CC1CCCC(C)(C)C1.COc1c(C)cccc1CN1OC(CO)C(CO)C1C(N)=O. The Kier molecular flexibility index (Phi) is 12.4. The van der Waals surface area contributed by atoms with E-state index in [-0.39, 0.29) is 19.8 Å². The molecule has 2 aliphatic rings. The van der Waals surface area contributed by atoms with Gasteiger partial charge in [0.2, 0.25) is 5.91 Å². The maximum absolute atomic E-state index is 11.7. The van der Waals surface area contributed by atoms with Crippen LogP contribution in [0.1, 0.15) is 71.4 Å². The Bertz CT molecular complexity index is 725. The second-order valence-electron chi connectivity index (χ2n) is 9.73. The normalized spacial score (nSPS) is 26.5. The lowest BCUT2D eigenvalue weighted by molar-refractivity contribution is -0.180. The minimum Gasteiger partial charge on any atom is -0.496 e. The number of para-hydroxylation sites is 1. The van der Waals surface area contributed by atoms with Gasteiger partial charge in [-0.1, -0.05) is 65.7 Å². The minimum absolute atomic E-state index is 0.269. The lowest BCUT2D eigenvalue weighted by Gasteiger charge is -2.33. The number of carbonyl (C=O) groups is 1. The van der Waals surface area contributed by atoms with E-state index in [4.69, 9.17) is 15.3 Å². The summed E-state index contributed by atoms with van der Waals surface area (Å²) >= 11 is 0. The predicted molar refractivity (Wildman–Crippen MR) is 132 cm³/mol. The fraction of sp³-hybridized carbons (Fsp3) is 0.731. The molecule has 0 aromatic heterocycles. The van der Waals surface area contributed by atoms with Gasteiger partial charge in [-0.3, -0.25) is 9.63 Å². The van der Waals surface area contributed by atoms with Gasteiger partial charge >= 0.3 is 0 Å². The van der Waals surface area contributed by atoms with Crippen molar-refractivity contribution < 1.29 is 24.6 Å². The number of aliphatic hydroxyl groups excluding tert-OH is 2. The molecule has 7 heteroatoms. The standard InChI is InChI=1S/C15H22N2O5.C9H18.C2H6/c1-9-4-3-5-10(14(9)21-2)6-17-13(15(16)20)11(7-18)12(8-19)22-17;1-8-5-4-6-9(2,3)7-8;1-2/h3-5,11-13,18-19H,6-8H2,1-2H3,(H2,16,20);8H,4-7H2,1-3H3;1-2H3. The first-order valence-corrected chi connectivity index (χ1v) is 12.2. The second-order valence-corrected chi connectivity index (χ2v) is 9.73. The first-order valence-electron chi connectivity index (χ1n) is 12.2. The maximum Gasteiger partial charge on any atom is 0.237 e. The summed E-state index contributed by atoms with van der Waals surface area (Å²) in [6, 6.07) is 4.88. The Balaban J connectivity index is 0.000000412. The molecule has 0 spiro atoms. The number of methoxy groups -OCH3 is 1. The fourth-order valence-electron chi connectivity index (χ4n) is 4.98. The van der Waals surface area contributed by atoms with Gasteiger partial charge in [0.25, 0.3) is 0 Å². The molecule has 1 aliphatic carbocycles. The summed E-state index contributed by atoms with van der Waals surface area (Å²) in [5, 5.41) is 20.2. The molecule has 0 bridgehead atoms. The summed E-state index contributed by atoms with van der Waals surface area (Å²) < 4.78 is 5.39. The van der Waals surface area contributed by atoms with Crippen LogP contribution in [0, 0.1) is 24.2 Å². The zero-order chi connectivity index (χ0) is 25.2. The van der Waals surface area contributed by atoms with Crippen molar-refractivity contribution in [3.8, 4) is 5.75 Å². The van der Waals surface area contributed by atoms with E-state index in [0.29, 0.717) is 11.2 Å². The van der Waals surface area contributed by atoms with E-state index >= 15 is 0 Å². The number of primary amides is 1. The van der Waals surface area contributed by atoms with Crippen LogP contribution in [0.15, 0.2) is 18.2 Å².